The van der Waals surface area contributed by atoms with Crippen LogP contribution in [0.15, 0.2) is 34.3 Å². The van der Waals surface area contributed by atoms with Gasteiger partial charge in [0.25, 0.3) is 0 Å². The maximum absolute atomic E-state index is 11.0. The van der Waals surface area contributed by atoms with Gasteiger partial charge in [-0.1, -0.05) is 28.1 Å². The fraction of sp³-hybridized carbons (Fsp3) is 0.0909. The van der Waals surface area contributed by atoms with Gasteiger partial charge in [-0.2, -0.15) is 0 Å². The van der Waals surface area contributed by atoms with E-state index >= 15 is 0 Å². The number of aliphatic carboxylic acids is 1. The highest BCUT2D eigenvalue weighted by Crippen LogP contribution is 2.15. The summed E-state index contributed by atoms with van der Waals surface area (Å²) in [5.41, 5.74) is 5.89. The van der Waals surface area contributed by atoms with Crippen LogP contribution in [0.3, 0.4) is 0 Å². The van der Waals surface area contributed by atoms with Crippen molar-refractivity contribution >= 4 is 33.9 Å². The molecule has 1 aromatic carbocycles. The van der Waals surface area contributed by atoms with E-state index in [1.165, 1.54) is 6.08 Å². The second kappa shape index (κ2) is 5.46. The third-order valence-electron chi connectivity index (χ3n) is 1.85. The van der Waals surface area contributed by atoms with Crippen LogP contribution in [0.5, 0.6) is 0 Å². The summed E-state index contributed by atoms with van der Waals surface area (Å²) in [4.78, 5) is 21.5. The van der Waals surface area contributed by atoms with E-state index in [9.17, 15) is 9.59 Å². The first kappa shape index (κ1) is 12.4. The zero-order chi connectivity index (χ0) is 12.1. The number of rotatable bonds is 4. The molecule has 16 heavy (non-hydrogen) atoms. The Hall–Kier alpha value is -1.62. The molecule has 0 atom stereocenters. The average Bonchev–Trinajstić information content (AvgIpc) is 2.15. The highest BCUT2D eigenvalue weighted by molar-refractivity contribution is 9.10. The normalized spacial score (nSPS) is 11.2. The molecule has 0 fully saturated rings. The van der Waals surface area contributed by atoms with E-state index < -0.39 is 11.9 Å². The number of carboxylic acids is 1. The van der Waals surface area contributed by atoms with Crippen molar-refractivity contribution in [1.82, 2.24) is 0 Å². The second-order valence-corrected chi connectivity index (χ2v) is 4.08. The van der Waals surface area contributed by atoms with Crippen molar-refractivity contribution in [2.24, 2.45) is 5.73 Å². The average molecular weight is 284 g/mol. The van der Waals surface area contributed by atoms with Crippen molar-refractivity contribution in [2.75, 3.05) is 0 Å². The molecule has 84 valence electrons. The number of nitrogens with two attached hydrogens (primary N) is 1. The van der Waals surface area contributed by atoms with Crippen LogP contribution in [-0.4, -0.2) is 17.0 Å². The maximum Gasteiger partial charge on any atom is 0.308 e. The van der Waals surface area contributed by atoms with Crippen LogP contribution in [0.25, 0.3) is 6.08 Å². The van der Waals surface area contributed by atoms with Gasteiger partial charge in [0.1, 0.15) is 0 Å². The van der Waals surface area contributed by atoms with Crippen LogP contribution in [0.2, 0.25) is 0 Å². The second-order valence-electron chi connectivity index (χ2n) is 3.16. The standard InChI is InChI=1S/C11H10BrNO3/c12-9-3-1-2-7(5-9)4-8(11(13)16)6-10(14)15/h1-5H,6H2,(H2,13,16)(H,14,15). The zero-order valence-electron chi connectivity index (χ0n) is 8.31. The van der Waals surface area contributed by atoms with Crippen molar-refractivity contribution in [3.8, 4) is 0 Å². The topological polar surface area (TPSA) is 80.4 Å². The molecule has 0 aliphatic carbocycles. The molecular weight excluding hydrogens is 274 g/mol. The first-order valence-corrected chi connectivity index (χ1v) is 5.26. The molecule has 3 N–H and O–H groups in total. The number of halogens is 1. The summed E-state index contributed by atoms with van der Waals surface area (Å²) < 4.78 is 0.848. The molecule has 0 unspecified atom stereocenters. The molecule has 4 nitrogen and oxygen atoms in total. The van der Waals surface area contributed by atoms with E-state index in [1.54, 1.807) is 18.2 Å². The minimum absolute atomic E-state index is 0.0746. The van der Waals surface area contributed by atoms with Crippen LogP contribution >= 0.6 is 15.9 Å². The largest absolute Gasteiger partial charge is 0.481 e. The van der Waals surface area contributed by atoms with Crippen LogP contribution in [-0.2, 0) is 9.59 Å². The SMILES string of the molecule is NC(=O)C(=Cc1cccc(Br)c1)CC(=O)O. The minimum Gasteiger partial charge on any atom is -0.481 e. The Morgan fingerprint density at radius 3 is 2.62 bits per heavy atom. The molecule has 1 rings (SSSR count). The summed E-state index contributed by atoms with van der Waals surface area (Å²) in [5, 5.41) is 8.61. The smallest absolute Gasteiger partial charge is 0.308 e. The third kappa shape index (κ3) is 3.86. The minimum atomic E-state index is -1.08. The summed E-state index contributed by atoms with van der Waals surface area (Å²) in [5.74, 6) is -1.80. The Balaban J connectivity index is 3.02. The fourth-order valence-corrected chi connectivity index (χ4v) is 1.59. The number of hydrogen-bond donors (Lipinski definition) is 2. The Labute approximate surface area is 101 Å². The van der Waals surface area contributed by atoms with Gasteiger partial charge in [0.15, 0.2) is 0 Å². The highest BCUT2D eigenvalue weighted by Gasteiger charge is 2.09. The first-order chi connectivity index (χ1) is 7.49. The third-order valence-corrected chi connectivity index (χ3v) is 2.34. The summed E-state index contributed by atoms with van der Waals surface area (Å²) in [6, 6.07) is 7.15. The Bertz CT molecular complexity index is 454. The van der Waals surface area contributed by atoms with Crippen LogP contribution in [0.1, 0.15) is 12.0 Å². The number of benzene rings is 1. The monoisotopic (exact) mass is 283 g/mol. The lowest BCUT2D eigenvalue weighted by atomic mass is 10.1. The first-order valence-electron chi connectivity index (χ1n) is 4.47. The Morgan fingerprint density at radius 1 is 1.44 bits per heavy atom. The van der Waals surface area contributed by atoms with Crippen molar-refractivity contribution in [2.45, 2.75) is 6.42 Å². The van der Waals surface area contributed by atoms with Gasteiger partial charge in [0.2, 0.25) is 5.91 Å². The van der Waals surface area contributed by atoms with Gasteiger partial charge in [0.05, 0.1) is 6.42 Å². The van der Waals surface area contributed by atoms with Crippen LogP contribution in [0, 0.1) is 0 Å². The number of hydrogen-bond acceptors (Lipinski definition) is 2. The molecule has 0 saturated heterocycles. The van der Waals surface area contributed by atoms with Crippen molar-refractivity contribution < 1.29 is 14.7 Å². The Kier molecular flexibility index (Phi) is 4.25. The predicted octanol–water partition coefficient (Wildman–Crippen LogP) is 1.79. The number of amides is 1. The van der Waals surface area contributed by atoms with Crippen molar-refractivity contribution in [3.05, 3.63) is 39.9 Å². The number of carboxylic acid groups (broad SMARTS) is 1. The number of carbonyl (C=O) groups is 2. The van der Waals surface area contributed by atoms with E-state index in [0.29, 0.717) is 0 Å². The molecule has 1 aromatic rings. The van der Waals surface area contributed by atoms with E-state index in [1.807, 2.05) is 6.07 Å². The zero-order valence-corrected chi connectivity index (χ0v) is 9.90. The predicted molar refractivity (Wildman–Crippen MR) is 63.6 cm³/mol. The van der Waals surface area contributed by atoms with Gasteiger partial charge in [-0.05, 0) is 23.8 Å². The summed E-state index contributed by atoms with van der Waals surface area (Å²) in [6.07, 6.45) is 1.10. The van der Waals surface area contributed by atoms with Crippen molar-refractivity contribution in [1.29, 1.82) is 0 Å². The van der Waals surface area contributed by atoms with E-state index in [0.717, 1.165) is 10.0 Å². The highest BCUT2D eigenvalue weighted by atomic mass is 79.9. The van der Waals surface area contributed by atoms with Gasteiger partial charge in [-0.3, -0.25) is 9.59 Å². The molecule has 0 radical (unpaired) electrons. The lowest BCUT2D eigenvalue weighted by molar-refractivity contribution is -0.136. The lowest BCUT2D eigenvalue weighted by Crippen LogP contribution is -2.16. The molecule has 0 bridgehead atoms. The van der Waals surface area contributed by atoms with Crippen LogP contribution in [0.4, 0.5) is 0 Å². The van der Waals surface area contributed by atoms with Crippen LogP contribution < -0.4 is 5.73 Å². The van der Waals surface area contributed by atoms with Gasteiger partial charge in [-0.25, -0.2) is 0 Å². The molecular formula is C11H10BrNO3. The lowest BCUT2D eigenvalue weighted by Gasteiger charge is -2.00. The van der Waals surface area contributed by atoms with E-state index in [4.69, 9.17) is 10.8 Å². The van der Waals surface area contributed by atoms with Crippen molar-refractivity contribution in [3.63, 3.8) is 0 Å². The number of primary amides is 1. The summed E-state index contributed by atoms with van der Waals surface area (Å²) >= 11 is 3.28. The van der Waals surface area contributed by atoms with Gasteiger partial charge in [-0.15, -0.1) is 0 Å². The van der Waals surface area contributed by atoms with E-state index in [2.05, 4.69) is 15.9 Å². The molecule has 0 spiro atoms. The van der Waals surface area contributed by atoms with Gasteiger partial charge >= 0.3 is 5.97 Å². The molecule has 0 aromatic heterocycles. The molecule has 0 aliphatic heterocycles. The fourth-order valence-electron chi connectivity index (χ4n) is 1.17. The molecule has 1 amide bonds. The molecule has 5 heteroatoms. The molecule has 0 heterocycles. The maximum atomic E-state index is 11.0. The van der Waals surface area contributed by atoms with Gasteiger partial charge < -0.3 is 10.8 Å². The molecule has 0 saturated carbocycles. The quantitative estimate of drug-likeness (QED) is 0.827. The van der Waals surface area contributed by atoms with E-state index in [-0.39, 0.29) is 12.0 Å². The summed E-state index contributed by atoms with van der Waals surface area (Å²) in [7, 11) is 0. The van der Waals surface area contributed by atoms with Gasteiger partial charge in [0, 0.05) is 10.0 Å². The molecule has 0 aliphatic rings. The summed E-state index contributed by atoms with van der Waals surface area (Å²) in [6.45, 7) is 0. The Morgan fingerprint density at radius 2 is 2.12 bits per heavy atom. The number of carbonyl (C=O) groups excluding carboxylic acids is 1.